The van der Waals surface area contributed by atoms with Gasteiger partial charge in [0, 0.05) is 0 Å². The topological polar surface area (TPSA) is 0 Å². The van der Waals surface area contributed by atoms with Crippen LogP contribution in [0.15, 0.2) is 0 Å². The Morgan fingerprint density at radius 1 is 1.00 bits per heavy atom. The Morgan fingerprint density at radius 3 is 1.80 bits per heavy atom. The molecule has 0 aromatic heterocycles. The molecule has 10 heavy (non-hydrogen) atoms. The van der Waals surface area contributed by atoms with Crippen molar-refractivity contribution in [3.05, 3.63) is 6.92 Å². The van der Waals surface area contributed by atoms with Crippen molar-refractivity contribution in [3.63, 3.8) is 0 Å². The van der Waals surface area contributed by atoms with E-state index in [4.69, 9.17) is 0 Å². The van der Waals surface area contributed by atoms with Gasteiger partial charge in [-0.1, -0.05) is 41.0 Å². The van der Waals surface area contributed by atoms with Crippen LogP contribution in [0.2, 0.25) is 0 Å². The zero-order valence-corrected chi connectivity index (χ0v) is 7.85. The van der Waals surface area contributed by atoms with Gasteiger partial charge in [0.2, 0.25) is 0 Å². The second kappa shape index (κ2) is 4.76. The molecule has 0 amide bonds. The maximum Gasteiger partial charge on any atom is -0.0415 e. The molecule has 0 aromatic carbocycles. The second-order valence-corrected chi connectivity index (χ2v) is 3.87. The fourth-order valence-electron chi connectivity index (χ4n) is 1.26. The first-order valence-electron chi connectivity index (χ1n) is 4.37. The molecule has 0 nitrogen and oxygen atoms in total. The van der Waals surface area contributed by atoms with Gasteiger partial charge in [0.05, 0.1) is 0 Å². The summed E-state index contributed by atoms with van der Waals surface area (Å²) in [6, 6.07) is 0. The van der Waals surface area contributed by atoms with E-state index < -0.39 is 0 Å². The monoisotopic (exact) mass is 141 g/mol. The fourth-order valence-corrected chi connectivity index (χ4v) is 1.26. The molecule has 2 unspecified atom stereocenters. The smallest absolute Gasteiger partial charge is 0.0415 e. The summed E-state index contributed by atoms with van der Waals surface area (Å²) in [5.74, 6) is 2.48. The molecule has 0 saturated carbocycles. The highest BCUT2D eigenvalue weighted by molar-refractivity contribution is 4.64. The summed E-state index contributed by atoms with van der Waals surface area (Å²) in [5.41, 5.74) is 0. The van der Waals surface area contributed by atoms with Crippen molar-refractivity contribution in [2.24, 2.45) is 17.8 Å². The summed E-state index contributed by atoms with van der Waals surface area (Å²) in [6.45, 7) is 13.1. The van der Waals surface area contributed by atoms with Crippen molar-refractivity contribution in [3.8, 4) is 0 Å². The van der Waals surface area contributed by atoms with Crippen molar-refractivity contribution in [1.29, 1.82) is 0 Å². The Hall–Kier alpha value is 0. The van der Waals surface area contributed by atoms with Crippen LogP contribution in [0.4, 0.5) is 0 Å². The molecule has 0 rings (SSSR count). The highest BCUT2D eigenvalue weighted by Crippen LogP contribution is 2.21. The Morgan fingerprint density at radius 2 is 1.50 bits per heavy atom. The van der Waals surface area contributed by atoms with Gasteiger partial charge >= 0.3 is 0 Å². The molecule has 0 saturated heterocycles. The molecule has 61 valence electrons. The van der Waals surface area contributed by atoms with Gasteiger partial charge in [-0.15, -0.1) is 0 Å². The molecule has 0 spiro atoms. The average Bonchev–Trinajstić information content (AvgIpc) is 1.85. The van der Waals surface area contributed by atoms with Crippen LogP contribution < -0.4 is 0 Å². The zero-order chi connectivity index (χ0) is 8.15. The molecule has 0 bridgehead atoms. The molecule has 0 aliphatic heterocycles. The lowest BCUT2D eigenvalue weighted by Crippen LogP contribution is -2.09. The van der Waals surface area contributed by atoms with Crippen LogP contribution in [0.5, 0.6) is 0 Å². The number of rotatable bonds is 4. The summed E-state index contributed by atoms with van der Waals surface area (Å²) in [4.78, 5) is 0. The Balaban J connectivity index is 3.50. The lowest BCUT2D eigenvalue weighted by atomic mass is 9.87. The van der Waals surface area contributed by atoms with Gasteiger partial charge in [0.1, 0.15) is 0 Å². The van der Waals surface area contributed by atoms with Crippen LogP contribution >= 0.6 is 0 Å². The second-order valence-electron chi connectivity index (χ2n) is 3.87. The molecule has 0 fully saturated rings. The third kappa shape index (κ3) is 3.92. The molecular weight excluding hydrogens is 120 g/mol. The van der Waals surface area contributed by atoms with E-state index in [2.05, 4.69) is 34.6 Å². The van der Waals surface area contributed by atoms with E-state index in [1.54, 1.807) is 0 Å². The van der Waals surface area contributed by atoms with Gasteiger partial charge in [0.15, 0.2) is 0 Å². The predicted octanol–water partition coefficient (Wildman–Crippen LogP) is 3.53. The minimum atomic E-state index is 0.794. The largest absolute Gasteiger partial charge is 0.0628 e. The Labute approximate surface area is 66.0 Å². The van der Waals surface area contributed by atoms with Crippen molar-refractivity contribution in [2.45, 2.75) is 40.5 Å². The van der Waals surface area contributed by atoms with Crippen LogP contribution in [-0.4, -0.2) is 0 Å². The van der Waals surface area contributed by atoms with Gasteiger partial charge in [-0.2, -0.15) is 0 Å². The minimum absolute atomic E-state index is 0.794. The van der Waals surface area contributed by atoms with Crippen molar-refractivity contribution in [2.75, 3.05) is 0 Å². The highest BCUT2D eigenvalue weighted by Gasteiger charge is 2.10. The van der Waals surface area contributed by atoms with E-state index in [-0.39, 0.29) is 0 Å². The molecule has 0 aromatic rings. The normalized spacial score (nSPS) is 17.4. The molecule has 0 heterocycles. The van der Waals surface area contributed by atoms with Gasteiger partial charge in [0.25, 0.3) is 0 Å². The van der Waals surface area contributed by atoms with Crippen LogP contribution in [-0.2, 0) is 0 Å². The first-order chi connectivity index (χ1) is 4.57. The lowest BCUT2D eigenvalue weighted by molar-refractivity contribution is 0.325. The van der Waals surface area contributed by atoms with Gasteiger partial charge in [-0.05, 0) is 24.2 Å². The SMILES string of the molecule is [CH2]CC(C)C(C)CC(C)C. The van der Waals surface area contributed by atoms with Crippen molar-refractivity contribution >= 4 is 0 Å². The fraction of sp³-hybridized carbons (Fsp3) is 0.900. The summed E-state index contributed by atoms with van der Waals surface area (Å²) >= 11 is 0. The van der Waals surface area contributed by atoms with E-state index in [1.165, 1.54) is 6.42 Å². The van der Waals surface area contributed by atoms with E-state index in [0.29, 0.717) is 0 Å². The summed E-state index contributed by atoms with van der Waals surface area (Å²) in [7, 11) is 0. The standard InChI is InChI=1S/C10H21/c1-6-9(4)10(5)7-8(2)3/h8-10H,1,6-7H2,2-5H3. The van der Waals surface area contributed by atoms with Crippen molar-refractivity contribution < 1.29 is 0 Å². The first-order valence-corrected chi connectivity index (χ1v) is 4.37. The Kier molecular flexibility index (Phi) is 4.76. The highest BCUT2D eigenvalue weighted by atomic mass is 14.2. The van der Waals surface area contributed by atoms with Gasteiger partial charge in [-0.25, -0.2) is 0 Å². The molecule has 0 aliphatic rings. The predicted molar refractivity (Wildman–Crippen MR) is 47.8 cm³/mol. The van der Waals surface area contributed by atoms with Gasteiger partial charge < -0.3 is 0 Å². The van der Waals surface area contributed by atoms with Crippen LogP contribution in [0.3, 0.4) is 0 Å². The van der Waals surface area contributed by atoms with Crippen LogP contribution in [0.25, 0.3) is 0 Å². The third-order valence-electron chi connectivity index (χ3n) is 2.27. The maximum atomic E-state index is 3.91. The lowest BCUT2D eigenvalue weighted by Gasteiger charge is -2.19. The minimum Gasteiger partial charge on any atom is -0.0628 e. The van der Waals surface area contributed by atoms with E-state index in [1.807, 2.05) is 0 Å². The van der Waals surface area contributed by atoms with E-state index in [9.17, 15) is 0 Å². The molecule has 2 atom stereocenters. The molecule has 0 N–H and O–H groups in total. The van der Waals surface area contributed by atoms with Crippen LogP contribution in [0.1, 0.15) is 40.5 Å². The average molecular weight is 141 g/mol. The molecule has 0 heteroatoms. The Bertz CT molecular complexity index is 74.1. The molecule has 0 aliphatic carbocycles. The molecular formula is C10H21. The molecule has 1 radical (unpaired) electrons. The maximum absolute atomic E-state index is 3.91. The van der Waals surface area contributed by atoms with Gasteiger partial charge in [-0.3, -0.25) is 0 Å². The summed E-state index contributed by atoms with van der Waals surface area (Å²) in [6.07, 6.45) is 2.42. The number of hydrogen-bond acceptors (Lipinski definition) is 0. The summed E-state index contributed by atoms with van der Waals surface area (Å²) in [5, 5.41) is 0. The zero-order valence-electron chi connectivity index (χ0n) is 7.85. The number of hydrogen-bond donors (Lipinski definition) is 0. The van der Waals surface area contributed by atoms with Crippen LogP contribution in [0, 0.1) is 24.7 Å². The quantitative estimate of drug-likeness (QED) is 0.562. The van der Waals surface area contributed by atoms with Crippen molar-refractivity contribution in [1.82, 2.24) is 0 Å². The van der Waals surface area contributed by atoms with E-state index >= 15 is 0 Å². The third-order valence-corrected chi connectivity index (χ3v) is 2.27. The summed E-state index contributed by atoms with van der Waals surface area (Å²) < 4.78 is 0. The van der Waals surface area contributed by atoms with E-state index in [0.717, 1.165) is 24.2 Å². The first kappa shape index (κ1) is 10.0.